The lowest BCUT2D eigenvalue weighted by Crippen LogP contribution is -2.49. The van der Waals surface area contributed by atoms with E-state index in [1.165, 1.54) is 38.5 Å². The molecule has 2 unspecified atom stereocenters. The average molecular weight is 250 g/mol. The lowest BCUT2D eigenvalue weighted by molar-refractivity contribution is -0.126. The maximum atomic E-state index is 12.3. The summed E-state index contributed by atoms with van der Waals surface area (Å²) in [7, 11) is 0. The fourth-order valence-electron chi connectivity index (χ4n) is 4.04. The van der Waals surface area contributed by atoms with Crippen molar-refractivity contribution in [2.45, 2.75) is 82.3 Å². The van der Waals surface area contributed by atoms with Gasteiger partial charge in [0, 0.05) is 24.0 Å². The van der Waals surface area contributed by atoms with E-state index in [-0.39, 0.29) is 0 Å². The molecule has 3 nitrogen and oxygen atoms in total. The zero-order valence-corrected chi connectivity index (χ0v) is 11.3. The average Bonchev–Trinajstić information content (AvgIpc) is 2.59. The standard InChI is InChI=1S/C15H26N2O/c18-15(11-5-3-1-2-4-6-11)17-14-9-12-7-8-13(10-14)16-12/h11-14,16H,1-10H2,(H,17,18). The van der Waals surface area contributed by atoms with Gasteiger partial charge in [0.25, 0.3) is 0 Å². The van der Waals surface area contributed by atoms with Crippen molar-refractivity contribution in [2.24, 2.45) is 5.92 Å². The SMILES string of the molecule is O=C(NC1CC2CCC(C1)N2)C1CCCCCC1. The summed E-state index contributed by atoms with van der Waals surface area (Å²) in [4.78, 5) is 12.3. The van der Waals surface area contributed by atoms with Gasteiger partial charge in [0.05, 0.1) is 0 Å². The van der Waals surface area contributed by atoms with E-state index in [1.807, 2.05) is 0 Å². The summed E-state index contributed by atoms with van der Waals surface area (Å²) in [6.45, 7) is 0. The normalized spacial score (nSPS) is 37.2. The minimum Gasteiger partial charge on any atom is -0.353 e. The predicted molar refractivity (Wildman–Crippen MR) is 72.3 cm³/mol. The molecule has 2 aliphatic heterocycles. The molecule has 2 saturated heterocycles. The molecule has 1 amide bonds. The van der Waals surface area contributed by atoms with Crippen molar-refractivity contribution in [3.05, 3.63) is 0 Å². The van der Waals surface area contributed by atoms with Crippen LogP contribution in [0.5, 0.6) is 0 Å². The van der Waals surface area contributed by atoms with Crippen LogP contribution >= 0.6 is 0 Å². The molecule has 3 rings (SSSR count). The fourth-order valence-corrected chi connectivity index (χ4v) is 4.04. The van der Waals surface area contributed by atoms with Gasteiger partial charge < -0.3 is 10.6 Å². The Kier molecular flexibility index (Phi) is 3.88. The topological polar surface area (TPSA) is 41.1 Å². The molecule has 0 radical (unpaired) electrons. The number of rotatable bonds is 2. The Bertz CT molecular complexity index is 285. The predicted octanol–water partition coefficient (Wildman–Crippen LogP) is 2.36. The molecule has 2 N–H and O–H groups in total. The van der Waals surface area contributed by atoms with E-state index < -0.39 is 0 Å². The summed E-state index contributed by atoms with van der Waals surface area (Å²) in [6, 6.07) is 1.78. The Labute approximate surface area is 110 Å². The van der Waals surface area contributed by atoms with Crippen molar-refractivity contribution in [2.75, 3.05) is 0 Å². The Balaban J connectivity index is 1.50. The molecule has 1 saturated carbocycles. The van der Waals surface area contributed by atoms with Crippen LogP contribution in [-0.2, 0) is 4.79 Å². The number of hydrogen-bond donors (Lipinski definition) is 2. The molecular formula is C15H26N2O. The van der Waals surface area contributed by atoms with Gasteiger partial charge in [-0.05, 0) is 38.5 Å². The van der Waals surface area contributed by atoms with Crippen LogP contribution in [-0.4, -0.2) is 24.0 Å². The molecule has 2 bridgehead atoms. The van der Waals surface area contributed by atoms with Crippen LogP contribution in [0.25, 0.3) is 0 Å². The lowest BCUT2D eigenvalue weighted by Gasteiger charge is -2.30. The third-order valence-electron chi connectivity index (χ3n) is 5.05. The molecule has 0 aromatic rings. The molecule has 3 fully saturated rings. The zero-order chi connectivity index (χ0) is 12.4. The van der Waals surface area contributed by atoms with E-state index in [4.69, 9.17) is 0 Å². The van der Waals surface area contributed by atoms with E-state index >= 15 is 0 Å². The molecule has 1 aliphatic carbocycles. The van der Waals surface area contributed by atoms with Gasteiger partial charge in [-0.3, -0.25) is 4.79 Å². The van der Waals surface area contributed by atoms with Gasteiger partial charge in [-0.25, -0.2) is 0 Å². The number of hydrogen-bond acceptors (Lipinski definition) is 2. The second kappa shape index (κ2) is 5.60. The maximum Gasteiger partial charge on any atom is 0.223 e. The van der Waals surface area contributed by atoms with Gasteiger partial charge in [0.1, 0.15) is 0 Å². The first-order chi connectivity index (χ1) is 8.81. The second-order valence-electron chi connectivity index (χ2n) is 6.50. The number of amides is 1. The van der Waals surface area contributed by atoms with E-state index in [9.17, 15) is 4.79 Å². The van der Waals surface area contributed by atoms with Crippen LogP contribution in [0.15, 0.2) is 0 Å². The smallest absolute Gasteiger partial charge is 0.223 e. The summed E-state index contributed by atoms with van der Waals surface area (Å²) in [5, 5.41) is 6.97. The van der Waals surface area contributed by atoms with E-state index in [1.54, 1.807) is 0 Å². The summed E-state index contributed by atoms with van der Waals surface area (Å²) < 4.78 is 0. The van der Waals surface area contributed by atoms with Crippen LogP contribution < -0.4 is 10.6 Å². The minimum absolute atomic E-state index is 0.306. The second-order valence-corrected chi connectivity index (χ2v) is 6.50. The van der Waals surface area contributed by atoms with Gasteiger partial charge in [0.15, 0.2) is 0 Å². The molecule has 0 aromatic heterocycles. The highest BCUT2D eigenvalue weighted by molar-refractivity contribution is 5.79. The molecule has 2 atom stereocenters. The Morgan fingerprint density at radius 1 is 0.889 bits per heavy atom. The van der Waals surface area contributed by atoms with Crippen LogP contribution in [0.4, 0.5) is 0 Å². The first-order valence-corrected chi connectivity index (χ1v) is 7.87. The van der Waals surface area contributed by atoms with Crippen LogP contribution in [0.1, 0.15) is 64.2 Å². The molecule has 3 heteroatoms. The van der Waals surface area contributed by atoms with Gasteiger partial charge in [-0.15, -0.1) is 0 Å². The van der Waals surface area contributed by atoms with Gasteiger partial charge in [0.2, 0.25) is 5.91 Å². The van der Waals surface area contributed by atoms with E-state index in [0.717, 1.165) is 25.7 Å². The molecule has 0 aromatic carbocycles. The van der Waals surface area contributed by atoms with E-state index in [0.29, 0.717) is 30.0 Å². The van der Waals surface area contributed by atoms with Crippen molar-refractivity contribution in [1.29, 1.82) is 0 Å². The first-order valence-electron chi connectivity index (χ1n) is 7.87. The Morgan fingerprint density at radius 3 is 2.11 bits per heavy atom. The van der Waals surface area contributed by atoms with Crippen LogP contribution in [0, 0.1) is 5.92 Å². The maximum absolute atomic E-state index is 12.3. The van der Waals surface area contributed by atoms with Crippen molar-refractivity contribution in [3.8, 4) is 0 Å². The van der Waals surface area contributed by atoms with Gasteiger partial charge in [-0.1, -0.05) is 25.7 Å². The van der Waals surface area contributed by atoms with Crippen LogP contribution in [0.2, 0.25) is 0 Å². The molecule has 102 valence electrons. The number of carbonyl (C=O) groups excluding carboxylic acids is 1. The highest BCUT2D eigenvalue weighted by Crippen LogP contribution is 2.28. The summed E-state index contributed by atoms with van der Waals surface area (Å²) in [5.74, 6) is 0.656. The van der Waals surface area contributed by atoms with Gasteiger partial charge >= 0.3 is 0 Å². The Hall–Kier alpha value is -0.570. The van der Waals surface area contributed by atoms with Crippen molar-refractivity contribution < 1.29 is 4.79 Å². The van der Waals surface area contributed by atoms with Crippen molar-refractivity contribution >= 4 is 5.91 Å². The number of nitrogens with one attached hydrogen (secondary N) is 2. The monoisotopic (exact) mass is 250 g/mol. The molecule has 18 heavy (non-hydrogen) atoms. The third-order valence-corrected chi connectivity index (χ3v) is 5.05. The molecule has 0 spiro atoms. The molecular weight excluding hydrogens is 224 g/mol. The van der Waals surface area contributed by atoms with Crippen molar-refractivity contribution in [3.63, 3.8) is 0 Å². The fraction of sp³-hybridized carbons (Fsp3) is 0.933. The quantitative estimate of drug-likeness (QED) is 0.739. The first kappa shape index (κ1) is 12.5. The molecule has 3 aliphatic rings. The summed E-state index contributed by atoms with van der Waals surface area (Å²) in [5.41, 5.74) is 0. The number of piperidine rings is 1. The lowest BCUT2D eigenvalue weighted by atomic mass is 9.96. The highest BCUT2D eigenvalue weighted by Gasteiger charge is 2.34. The van der Waals surface area contributed by atoms with E-state index in [2.05, 4.69) is 10.6 Å². The van der Waals surface area contributed by atoms with Crippen LogP contribution in [0.3, 0.4) is 0 Å². The Morgan fingerprint density at radius 2 is 1.50 bits per heavy atom. The van der Waals surface area contributed by atoms with Crippen molar-refractivity contribution in [1.82, 2.24) is 10.6 Å². The highest BCUT2D eigenvalue weighted by atomic mass is 16.1. The largest absolute Gasteiger partial charge is 0.353 e. The zero-order valence-electron chi connectivity index (χ0n) is 11.3. The summed E-state index contributed by atoms with van der Waals surface area (Å²) in [6.07, 6.45) is 12.3. The summed E-state index contributed by atoms with van der Waals surface area (Å²) >= 11 is 0. The molecule has 2 heterocycles. The van der Waals surface area contributed by atoms with Gasteiger partial charge in [-0.2, -0.15) is 0 Å². The number of fused-ring (bicyclic) bond motifs is 2. The minimum atomic E-state index is 0.306. The number of carbonyl (C=O) groups is 1. The third kappa shape index (κ3) is 2.87.